The number of hydrogen-bond acceptors (Lipinski definition) is 3. The lowest BCUT2D eigenvalue weighted by molar-refractivity contribution is -0.121. The molecule has 2 aromatic rings. The molecule has 2 aliphatic carbocycles. The van der Waals surface area contributed by atoms with Gasteiger partial charge in [0.05, 0.1) is 16.7 Å². The number of fused-ring (bicyclic) bond motifs is 3. The Morgan fingerprint density at radius 1 is 1.33 bits per heavy atom. The summed E-state index contributed by atoms with van der Waals surface area (Å²) in [5.74, 6) is -0.0830. The minimum absolute atomic E-state index is 0.0339. The van der Waals surface area contributed by atoms with Gasteiger partial charge in [0.25, 0.3) is 0 Å². The third-order valence-electron chi connectivity index (χ3n) is 5.63. The maximum absolute atomic E-state index is 12.6. The van der Waals surface area contributed by atoms with Crippen LogP contribution in [0.2, 0.25) is 0 Å². The molecule has 0 N–H and O–H groups in total. The quantitative estimate of drug-likeness (QED) is 0.812. The molecule has 0 saturated heterocycles. The van der Waals surface area contributed by atoms with Gasteiger partial charge < -0.3 is 0 Å². The summed E-state index contributed by atoms with van der Waals surface area (Å²) >= 11 is 0. The lowest BCUT2D eigenvalue weighted by Crippen LogP contribution is -2.48. The van der Waals surface area contributed by atoms with Crippen LogP contribution in [0.4, 0.5) is 0 Å². The second-order valence-corrected chi connectivity index (χ2v) is 6.88. The Balaban J connectivity index is 2.09. The number of ketones is 1. The molecule has 0 amide bonds. The predicted molar refractivity (Wildman–Crippen MR) is 90.1 cm³/mol. The van der Waals surface area contributed by atoms with Crippen molar-refractivity contribution in [2.75, 3.05) is 0 Å². The van der Waals surface area contributed by atoms with Crippen LogP contribution in [0.1, 0.15) is 30.2 Å². The maximum atomic E-state index is 12.6. The average molecular weight is 317 g/mol. The molecule has 4 rings (SSSR count). The van der Waals surface area contributed by atoms with Crippen molar-refractivity contribution in [2.24, 2.45) is 18.9 Å². The lowest BCUT2D eigenvalue weighted by atomic mass is 9.54. The van der Waals surface area contributed by atoms with E-state index < -0.39 is 5.41 Å². The zero-order chi connectivity index (χ0) is 16.9. The van der Waals surface area contributed by atoms with Crippen molar-refractivity contribution in [3.8, 4) is 6.07 Å². The SMILES string of the molecule is C[C@@H]1C(=O)C(C#N)=C[C@]2(c3ccccc3)c3nn(C)cc3CC[C@@H]12. The number of nitrogens with zero attached hydrogens (tertiary/aromatic N) is 3. The zero-order valence-electron chi connectivity index (χ0n) is 13.9. The number of hydrogen-bond donors (Lipinski definition) is 0. The van der Waals surface area contributed by atoms with Crippen molar-refractivity contribution >= 4 is 5.78 Å². The van der Waals surface area contributed by atoms with Crippen LogP contribution in [-0.4, -0.2) is 15.6 Å². The molecule has 1 aromatic heterocycles. The number of aromatic nitrogens is 2. The van der Waals surface area contributed by atoms with Gasteiger partial charge >= 0.3 is 0 Å². The molecular formula is C20H19N3O. The molecule has 0 bridgehead atoms. The topological polar surface area (TPSA) is 58.7 Å². The number of benzene rings is 1. The van der Waals surface area contributed by atoms with Gasteiger partial charge in [-0.2, -0.15) is 10.4 Å². The number of allylic oxidation sites excluding steroid dienone is 2. The Kier molecular flexibility index (Phi) is 3.21. The van der Waals surface area contributed by atoms with E-state index in [1.54, 1.807) is 0 Å². The molecule has 0 fully saturated rings. The fraction of sp³-hybridized carbons (Fsp3) is 0.350. The summed E-state index contributed by atoms with van der Waals surface area (Å²) < 4.78 is 1.85. The number of rotatable bonds is 1. The van der Waals surface area contributed by atoms with Crippen molar-refractivity contribution in [3.63, 3.8) is 0 Å². The first kappa shape index (κ1) is 14.9. The van der Waals surface area contributed by atoms with Crippen LogP contribution >= 0.6 is 0 Å². The third-order valence-corrected chi connectivity index (χ3v) is 5.63. The van der Waals surface area contributed by atoms with Crippen molar-refractivity contribution in [3.05, 3.63) is 65.0 Å². The van der Waals surface area contributed by atoms with E-state index in [4.69, 9.17) is 5.10 Å². The van der Waals surface area contributed by atoms with E-state index >= 15 is 0 Å². The van der Waals surface area contributed by atoms with Gasteiger partial charge in [-0.15, -0.1) is 0 Å². The molecule has 0 radical (unpaired) electrons. The normalized spacial score (nSPS) is 28.5. The van der Waals surface area contributed by atoms with Crippen molar-refractivity contribution in [2.45, 2.75) is 25.2 Å². The van der Waals surface area contributed by atoms with E-state index in [1.807, 2.05) is 42.9 Å². The highest BCUT2D eigenvalue weighted by Gasteiger charge is 2.53. The monoisotopic (exact) mass is 317 g/mol. The molecule has 0 saturated carbocycles. The van der Waals surface area contributed by atoms with E-state index in [2.05, 4.69) is 24.4 Å². The van der Waals surface area contributed by atoms with Crippen LogP contribution in [-0.2, 0) is 23.7 Å². The number of nitriles is 1. The fourth-order valence-corrected chi connectivity index (χ4v) is 4.57. The molecule has 0 aliphatic heterocycles. The van der Waals surface area contributed by atoms with E-state index in [0.29, 0.717) is 0 Å². The zero-order valence-corrected chi connectivity index (χ0v) is 13.9. The van der Waals surface area contributed by atoms with E-state index in [9.17, 15) is 10.1 Å². The molecule has 4 nitrogen and oxygen atoms in total. The summed E-state index contributed by atoms with van der Waals surface area (Å²) in [5.41, 5.74) is 3.10. The van der Waals surface area contributed by atoms with E-state index in [-0.39, 0.29) is 23.2 Å². The molecular weight excluding hydrogens is 298 g/mol. The van der Waals surface area contributed by atoms with Gasteiger partial charge in [-0.1, -0.05) is 37.3 Å². The van der Waals surface area contributed by atoms with Gasteiger partial charge in [0.2, 0.25) is 0 Å². The van der Waals surface area contributed by atoms with Crippen LogP contribution in [0.3, 0.4) is 0 Å². The van der Waals surface area contributed by atoms with Crippen molar-refractivity contribution in [1.82, 2.24) is 9.78 Å². The first-order valence-corrected chi connectivity index (χ1v) is 8.33. The molecule has 2 aliphatic rings. The summed E-state index contributed by atoms with van der Waals surface area (Å²) in [5, 5.41) is 14.3. The highest BCUT2D eigenvalue weighted by atomic mass is 16.1. The van der Waals surface area contributed by atoms with Gasteiger partial charge in [-0.05, 0) is 36.0 Å². The maximum Gasteiger partial charge on any atom is 0.176 e. The highest BCUT2D eigenvalue weighted by molar-refractivity contribution is 6.02. The predicted octanol–water partition coefficient (Wildman–Crippen LogP) is 2.94. The molecule has 3 atom stereocenters. The standard InChI is InChI=1S/C20H19N3O/c1-13-17-9-8-14-12-23(2)22-19(14)20(17,10-15(11-21)18(13)24)16-6-4-3-5-7-16/h3-7,10,12-13,17H,8-9H2,1-2H3/t13-,17-,20+/m0/s1. The molecule has 4 heteroatoms. The minimum atomic E-state index is -0.492. The van der Waals surface area contributed by atoms with Crippen LogP contribution in [0, 0.1) is 23.2 Å². The molecule has 24 heavy (non-hydrogen) atoms. The molecule has 1 heterocycles. The Morgan fingerprint density at radius 3 is 2.79 bits per heavy atom. The van der Waals surface area contributed by atoms with Crippen molar-refractivity contribution in [1.29, 1.82) is 5.26 Å². The minimum Gasteiger partial charge on any atom is -0.293 e. The summed E-state index contributed by atoms with van der Waals surface area (Å²) in [6.45, 7) is 1.96. The van der Waals surface area contributed by atoms with Crippen LogP contribution in [0.5, 0.6) is 0 Å². The molecule has 0 spiro atoms. The second kappa shape index (κ2) is 5.17. The van der Waals surface area contributed by atoms with Crippen molar-refractivity contribution < 1.29 is 4.79 Å². The van der Waals surface area contributed by atoms with Gasteiger partial charge in [0.15, 0.2) is 5.78 Å². The molecule has 1 aromatic carbocycles. The Morgan fingerprint density at radius 2 is 2.08 bits per heavy atom. The number of aryl methyl sites for hydroxylation is 2. The van der Waals surface area contributed by atoms with Gasteiger partial charge in [0.1, 0.15) is 6.07 Å². The van der Waals surface area contributed by atoms with E-state index in [0.717, 1.165) is 24.1 Å². The lowest BCUT2D eigenvalue weighted by Gasteiger charge is -2.46. The smallest absolute Gasteiger partial charge is 0.176 e. The fourth-order valence-electron chi connectivity index (χ4n) is 4.57. The summed E-state index contributed by atoms with van der Waals surface area (Å²) in [6.07, 6.45) is 5.81. The van der Waals surface area contributed by atoms with E-state index in [1.165, 1.54) is 5.56 Å². The first-order chi connectivity index (χ1) is 11.6. The molecule has 0 unspecified atom stereocenters. The largest absolute Gasteiger partial charge is 0.293 e. The number of carbonyl (C=O) groups is 1. The molecule has 120 valence electrons. The summed E-state index contributed by atoms with van der Waals surface area (Å²) in [4.78, 5) is 12.6. The van der Waals surface area contributed by atoms with Gasteiger partial charge in [-0.3, -0.25) is 9.48 Å². The number of carbonyl (C=O) groups excluding carboxylic acids is 1. The van der Waals surface area contributed by atoms with Crippen LogP contribution < -0.4 is 0 Å². The third kappa shape index (κ3) is 1.85. The van der Waals surface area contributed by atoms with Gasteiger partial charge in [0, 0.05) is 19.2 Å². The Hall–Kier alpha value is -2.67. The Labute approximate surface area is 141 Å². The summed E-state index contributed by atoms with van der Waals surface area (Å²) in [7, 11) is 1.93. The second-order valence-electron chi connectivity index (χ2n) is 6.88. The van der Waals surface area contributed by atoms with Gasteiger partial charge in [-0.25, -0.2) is 0 Å². The first-order valence-electron chi connectivity index (χ1n) is 8.33. The number of Topliss-reactive ketones (excluding diaryl/α,β-unsaturated/α-hetero) is 1. The van der Waals surface area contributed by atoms with Crippen LogP contribution in [0.15, 0.2) is 48.2 Å². The Bertz CT molecular complexity index is 887. The average Bonchev–Trinajstić information content (AvgIpc) is 2.99. The van der Waals surface area contributed by atoms with Crippen LogP contribution in [0.25, 0.3) is 0 Å². The highest BCUT2D eigenvalue weighted by Crippen LogP contribution is 2.53. The summed E-state index contributed by atoms with van der Waals surface area (Å²) in [6, 6.07) is 12.3.